The smallest absolute Gasteiger partial charge is 0.330 e. The summed E-state index contributed by atoms with van der Waals surface area (Å²) < 4.78 is 0.666. The van der Waals surface area contributed by atoms with Gasteiger partial charge in [0.2, 0.25) is 5.91 Å². The SMILES string of the molecule is CCC(=O)NC(C(=O)O)c1ccccc1Br. The van der Waals surface area contributed by atoms with Crippen LogP contribution in [0.25, 0.3) is 0 Å². The van der Waals surface area contributed by atoms with E-state index in [1.54, 1.807) is 31.2 Å². The first-order valence-electron chi connectivity index (χ1n) is 4.82. The molecule has 1 atom stereocenters. The van der Waals surface area contributed by atoms with E-state index in [1.807, 2.05) is 0 Å². The summed E-state index contributed by atoms with van der Waals surface area (Å²) in [5.74, 6) is -1.36. The molecule has 1 amide bonds. The maximum Gasteiger partial charge on any atom is 0.330 e. The van der Waals surface area contributed by atoms with Gasteiger partial charge in [0, 0.05) is 10.9 Å². The number of nitrogens with one attached hydrogen (secondary N) is 1. The number of hydrogen-bond acceptors (Lipinski definition) is 2. The Labute approximate surface area is 102 Å². The van der Waals surface area contributed by atoms with Crippen molar-refractivity contribution in [2.24, 2.45) is 0 Å². The highest BCUT2D eigenvalue weighted by Gasteiger charge is 2.23. The molecule has 0 aliphatic rings. The first kappa shape index (κ1) is 12.7. The van der Waals surface area contributed by atoms with Gasteiger partial charge in [-0.2, -0.15) is 0 Å². The third-order valence-electron chi connectivity index (χ3n) is 2.09. The van der Waals surface area contributed by atoms with Gasteiger partial charge < -0.3 is 10.4 Å². The lowest BCUT2D eigenvalue weighted by molar-refractivity contribution is -0.142. The summed E-state index contributed by atoms with van der Waals surface area (Å²) in [7, 11) is 0. The maximum atomic E-state index is 11.2. The van der Waals surface area contributed by atoms with Crippen LogP contribution in [0.1, 0.15) is 24.9 Å². The molecule has 16 heavy (non-hydrogen) atoms. The van der Waals surface area contributed by atoms with Crippen molar-refractivity contribution in [3.8, 4) is 0 Å². The molecule has 0 aliphatic carbocycles. The standard InChI is InChI=1S/C11H12BrNO3/c1-2-9(14)13-10(11(15)16)7-5-3-4-6-8(7)12/h3-6,10H,2H2,1H3,(H,13,14)(H,15,16). The molecular formula is C11H12BrNO3. The van der Waals surface area contributed by atoms with E-state index in [1.165, 1.54) is 0 Å². The molecule has 0 fully saturated rings. The van der Waals surface area contributed by atoms with Gasteiger partial charge in [0.05, 0.1) is 0 Å². The molecule has 5 heteroatoms. The summed E-state index contributed by atoms with van der Waals surface area (Å²) in [6.45, 7) is 1.67. The Bertz CT molecular complexity index is 406. The summed E-state index contributed by atoms with van der Waals surface area (Å²) >= 11 is 3.26. The molecule has 0 aromatic heterocycles. The number of carboxylic acid groups (broad SMARTS) is 1. The molecule has 2 N–H and O–H groups in total. The van der Waals surface area contributed by atoms with Gasteiger partial charge >= 0.3 is 5.97 Å². The summed E-state index contributed by atoms with van der Waals surface area (Å²) in [5.41, 5.74) is 0.539. The Morgan fingerprint density at radius 2 is 2.06 bits per heavy atom. The van der Waals surface area contributed by atoms with Crippen molar-refractivity contribution in [2.75, 3.05) is 0 Å². The molecule has 4 nitrogen and oxygen atoms in total. The largest absolute Gasteiger partial charge is 0.479 e. The molecular weight excluding hydrogens is 274 g/mol. The van der Waals surface area contributed by atoms with Crippen molar-refractivity contribution < 1.29 is 14.7 Å². The van der Waals surface area contributed by atoms with Crippen LogP contribution in [0, 0.1) is 0 Å². The van der Waals surface area contributed by atoms with E-state index in [0.29, 0.717) is 10.0 Å². The Kier molecular flexibility index (Phi) is 4.49. The third-order valence-corrected chi connectivity index (χ3v) is 2.81. The molecule has 0 spiro atoms. The predicted molar refractivity (Wildman–Crippen MR) is 63.0 cm³/mol. The fourth-order valence-corrected chi connectivity index (χ4v) is 1.76. The van der Waals surface area contributed by atoms with E-state index >= 15 is 0 Å². The normalized spacial score (nSPS) is 11.9. The average molecular weight is 286 g/mol. The van der Waals surface area contributed by atoms with Gasteiger partial charge in [-0.05, 0) is 11.6 Å². The van der Waals surface area contributed by atoms with Crippen LogP contribution in [0.15, 0.2) is 28.7 Å². The monoisotopic (exact) mass is 285 g/mol. The van der Waals surface area contributed by atoms with Gasteiger partial charge in [0.15, 0.2) is 6.04 Å². The molecule has 1 aromatic rings. The topological polar surface area (TPSA) is 66.4 Å². The van der Waals surface area contributed by atoms with Crippen LogP contribution in [-0.4, -0.2) is 17.0 Å². The summed E-state index contributed by atoms with van der Waals surface area (Å²) in [5, 5.41) is 11.5. The molecule has 0 bridgehead atoms. The number of carbonyl (C=O) groups excluding carboxylic acids is 1. The number of hydrogen-bond donors (Lipinski definition) is 2. The fraction of sp³-hybridized carbons (Fsp3) is 0.273. The lowest BCUT2D eigenvalue weighted by Gasteiger charge is -2.15. The summed E-state index contributed by atoms with van der Waals surface area (Å²) in [6, 6.07) is 5.91. The molecule has 1 aromatic carbocycles. The molecule has 1 unspecified atom stereocenters. The average Bonchev–Trinajstić information content (AvgIpc) is 2.26. The highest BCUT2D eigenvalue weighted by Crippen LogP contribution is 2.23. The molecule has 0 saturated carbocycles. The number of benzene rings is 1. The van der Waals surface area contributed by atoms with Gasteiger partial charge in [0.1, 0.15) is 0 Å². The lowest BCUT2D eigenvalue weighted by atomic mass is 10.1. The molecule has 0 heterocycles. The number of rotatable bonds is 4. The number of aliphatic carboxylic acids is 1. The van der Waals surface area contributed by atoms with Crippen LogP contribution in [0.5, 0.6) is 0 Å². The Morgan fingerprint density at radius 3 is 2.56 bits per heavy atom. The van der Waals surface area contributed by atoms with Gasteiger partial charge in [-0.25, -0.2) is 4.79 Å². The van der Waals surface area contributed by atoms with Crippen LogP contribution in [0.2, 0.25) is 0 Å². The van der Waals surface area contributed by atoms with E-state index in [4.69, 9.17) is 5.11 Å². The minimum absolute atomic E-state index is 0.258. The molecule has 0 saturated heterocycles. The Morgan fingerprint density at radius 1 is 1.44 bits per heavy atom. The highest BCUT2D eigenvalue weighted by molar-refractivity contribution is 9.10. The van der Waals surface area contributed by atoms with Crippen molar-refractivity contribution in [1.82, 2.24) is 5.32 Å². The molecule has 0 radical (unpaired) electrons. The minimum Gasteiger partial charge on any atom is -0.479 e. The quantitative estimate of drug-likeness (QED) is 0.890. The second kappa shape index (κ2) is 5.65. The van der Waals surface area contributed by atoms with Crippen LogP contribution in [-0.2, 0) is 9.59 Å². The third kappa shape index (κ3) is 3.06. The minimum atomic E-state index is -1.08. The number of amides is 1. The fourth-order valence-electron chi connectivity index (χ4n) is 1.24. The van der Waals surface area contributed by atoms with E-state index in [0.717, 1.165) is 0 Å². The number of carboxylic acids is 1. The van der Waals surface area contributed by atoms with Crippen LogP contribution in [0.4, 0.5) is 0 Å². The van der Waals surface area contributed by atoms with E-state index in [2.05, 4.69) is 21.2 Å². The van der Waals surface area contributed by atoms with Crippen molar-refractivity contribution in [3.63, 3.8) is 0 Å². The van der Waals surface area contributed by atoms with Gasteiger partial charge in [-0.15, -0.1) is 0 Å². The van der Waals surface area contributed by atoms with E-state index < -0.39 is 12.0 Å². The number of halogens is 1. The van der Waals surface area contributed by atoms with Crippen LogP contribution in [0.3, 0.4) is 0 Å². The lowest BCUT2D eigenvalue weighted by Crippen LogP contribution is -2.33. The second-order valence-corrected chi connectivity index (χ2v) is 4.07. The number of carbonyl (C=O) groups is 2. The Hall–Kier alpha value is -1.36. The van der Waals surface area contributed by atoms with E-state index in [9.17, 15) is 9.59 Å². The first-order valence-corrected chi connectivity index (χ1v) is 5.62. The van der Waals surface area contributed by atoms with Gasteiger partial charge in [-0.1, -0.05) is 41.1 Å². The van der Waals surface area contributed by atoms with Crippen molar-refractivity contribution in [3.05, 3.63) is 34.3 Å². The Balaban J connectivity index is 2.99. The zero-order valence-electron chi connectivity index (χ0n) is 8.74. The first-order chi connectivity index (χ1) is 7.56. The predicted octanol–water partition coefficient (Wildman–Crippen LogP) is 2.10. The zero-order chi connectivity index (χ0) is 12.1. The highest BCUT2D eigenvalue weighted by atomic mass is 79.9. The maximum absolute atomic E-state index is 11.2. The van der Waals surface area contributed by atoms with Crippen LogP contribution < -0.4 is 5.32 Å². The summed E-state index contributed by atoms with van der Waals surface area (Å²) in [6.07, 6.45) is 0.258. The van der Waals surface area contributed by atoms with Crippen molar-refractivity contribution >= 4 is 27.8 Å². The summed E-state index contributed by atoms with van der Waals surface area (Å²) in [4.78, 5) is 22.3. The van der Waals surface area contributed by atoms with Crippen molar-refractivity contribution in [1.29, 1.82) is 0 Å². The van der Waals surface area contributed by atoms with E-state index in [-0.39, 0.29) is 12.3 Å². The molecule has 1 rings (SSSR count). The van der Waals surface area contributed by atoms with Gasteiger partial charge in [-0.3, -0.25) is 4.79 Å². The zero-order valence-corrected chi connectivity index (χ0v) is 10.3. The van der Waals surface area contributed by atoms with Crippen molar-refractivity contribution in [2.45, 2.75) is 19.4 Å². The molecule has 0 aliphatic heterocycles. The molecule has 86 valence electrons. The van der Waals surface area contributed by atoms with Gasteiger partial charge in [0.25, 0.3) is 0 Å². The second-order valence-electron chi connectivity index (χ2n) is 3.21. The van der Waals surface area contributed by atoms with Crippen LogP contribution >= 0.6 is 15.9 Å².